The Kier molecular flexibility index (Phi) is 3.79. The normalized spacial score (nSPS) is 10.2. The second kappa shape index (κ2) is 5.52. The zero-order valence-electron chi connectivity index (χ0n) is 11.5. The lowest BCUT2D eigenvalue weighted by Gasteiger charge is -2.10. The third kappa shape index (κ3) is 3.00. The van der Waals surface area contributed by atoms with Crippen LogP contribution in [0.5, 0.6) is 5.75 Å². The number of methoxy groups -OCH3 is 1. The molecule has 0 unspecified atom stereocenters. The standard InChI is InChI=1S/C13H15N5O2/c1-7-15-12(18-13(14)16-7)9-4-5-11(20-3)10(6-9)17-8(2)19/h4-6H,1-3H3,(H,17,19)(H2,14,15,16,18). The molecule has 2 aromatic rings. The van der Waals surface area contributed by atoms with Gasteiger partial charge in [0.05, 0.1) is 12.8 Å². The number of aromatic nitrogens is 3. The maximum absolute atomic E-state index is 11.2. The van der Waals surface area contributed by atoms with Crippen molar-refractivity contribution in [2.75, 3.05) is 18.2 Å². The second-order valence-electron chi connectivity index (χ2n) is 4.16. The number of carbonyl (C=O) groups is 1. The number of aryl methyl sites for hydroxylation is 1. The summed E-state index contributed by atoms with van der Waals surface area (Å²) >= 11 is 0. The Bertz CT molecular complexity index is 637. The van der Waals surface area contributed by atoms with Crippen LogP contribution in [0.2, 0.25) is 0 Å². The van der Waals surface area contributed by atoms with Crippen LogP contribution in [0.25, 0.3) is 11.4 Å². The van der Waals surface area contributed by atoms with Crippen LogP contribution in [0.4, 0.5) is 11.6 Å². The van der Waals surface area contributed by atoms with Gasteiger partial charge >= 0.3 is 0 Å². The third-order valence-corrected chi connectivity index (χ3v) is 2.53. The van der Waals surface area contributed by atoms with Crippen LogP contribution in [0, 0.1) is 6.92 Å². The van der Waals surface area contributed by atoms with Crippen molar-refractivity contribution >= 4 is 17.5 Å². The van der Waals surface area contributed by atoms with Crippen molar-refractivity contribution in [1.29, 1.82) is 0 Å². The number of carbonyl (C=O) groups excluding carboxylic acids is 1. The Morgan fingerprint density at radius 1 is 1.30 bits per heavy atom. The highest BCUT2D eigenvalue weighted by molar-refractivity contribution is 5.91. The molecule has 1 aromatic heterocycles. The zero-order chi connectivity index (χ0) is 14.7. The van der Waals surface area contributed by atoms with Crippen molar-refractivity contribution in [3.05, 3.63) is 24.0 Å². The molecule has 0 bridgehead atoms. The van der Waals surface area contributed by atoms with E-state index in [2.05, 4.69) is 20.3 Å². The Balaban J connectivity index is 2.49. The number of hydrogen-bond acceptors (Lipinski definition) is 6. The van der Waals surface area contributed by atoms with Crippen LogP contribution in [0.15, 0.2) is 18.2 Å². The van der Waals surface area contributed by atoms with Crippen LogP contribution in [-0.2, 0) is 4.79 Å². The molecule has 104 valence electrons. The van der Waals surface area contributed by atoms with Crippen LogP contribution in [0.1, 0.15) is 12.7 Å². The van der Waals surface area contributed by atoms with Crippen molar-refractivity contribution < 1.29 is 9.53 Å². The fraction of sp³-hybridized carbons (Fsp3) is 0.231. The average Bonchev–Trinajstić information content (AvgIpc) is 2.36. The zero-order valence-corrected chi connectivity index (χ0v) is 11.5. The first kappa shape index (κ1) is 13.7. The van der Waals surface area contributed by atoms with Crippen molar-refractivity contribution in [3.8, 4) is 17.1 Å². The number of nitrogen functional groups attached to an aromatic ring is 1. The number of benzene rings is 1. The molecule has 1 amide bonds. The number of nitrogens with zero attached hydrogens (tertiary/aromatic N) is 3. The highest BCUT2D eigenvalue weighted by Crippen LogP contribution is 2.29. The van der Waals surface area contributed by atoms with E-state index in [9.17, 15) is 4.79 Å². The average molecular weight is 273 g/mol. The van der Waals surface area contributed by atoms with Gasteiger partial charge in [-0.15, -0.1) is 0 Å². The number of hydrogen-bond donors (Lipinski definition) is 2. The van der Waals surface area contributed by atoms with Gasteiger partial charge in [0, 0.05) is 12.5 Å². The molecule has 20 heavy (non-hydrogen) atoms. The minimum absolute atomic E-state index is 0.157. The summed E-state index contributed by atoms with van der Waals surface area (Å²) in [7, 11) is 1.53. The topological polar surface area (TPSA) is 103 Å². The lowest BCUT2D eigenvalue weighted by Crippen LogP contribution is -2.08. The van der Waals surface area contributed by atoms with E-state index in [-0.39, 0.29) is 11.9 Å². The maximum Gasteiger partial charge on any atom is 0.223 e. The number of nitrogens with two attached hydrogens (primary N) is 1. The van der Waals surface area contributed by atoms with Gasteiger partial charge in [-0.05, 0) is 25.1 Å². The van der Waals surface area contributed by atoms with Gasteiger partial charge in [-0.2, -0.15) is 9.97 Å². The molecular formula is C13H15N5O2. The van der Waals surface area contributed by atoms with E-state index in [0.717, 1.165) is 0 Å². The molecule has 0 atom stereocenters. The molecule has 0 fully saturated rings. The number of amides is 1. The highest BCUT2D eigenvalue weighted by atomic mass is 16.5. The lowest BCUT2D eigenvalue weighted by atomic mass is 10.1. The van der Waals surface area contributed by atoms with E-state index >= 15 is 0 Å². The van der Waals surface area contributed by atoms with Crippen molar-refractivity contribution in [2.24, 2.45) is 0 Å². The molecule has 0 aliphatic heterocycles. The summed E-state index contributed by atoms with van der Waals surface area (Å²) in [5.74, 6) is 1.51. The molecule has 1 heterocycles. The van der Waals surface area contributed by atoms with E-state index in [4.69, 9.17) is 10.5 Å². The number of rotatable bonds is 3. The first-order chi connectivity index (χ1) is 9.49. The fourth-order valence-electron chi connectivity index (χ4n) is 1.77. The van der Waals surface area contributed by atoms with Crippen LogP contribution in [0.3, 0.4) is 0 Å². The summed E-state index contributed by atoms with van der Waals surface area (Å²) in [6.07, 6.45) is 0. The Hall–Kier alpha value is -2.70. The van der Waals surface area contributed by atoms with Gasteiger partial charge in [-0.1, -0.05) is 0 Å². The molecule has 1 aromatic carbocycles. The molecule has 0 saturated carbocycles. The Labute approximate surface area is 116 Å². The van der Waals surface area contributed by atoms with E-state index in [1.54, 1.807) is 25.1 Å². The number of ether oxygens (including phenoxy) is 1. The summed E-state index contributed by atoms with van der Waals surface area (Å²) < 4.78 is 5.19. The lowest BCUT2D eigenvalue weighted by molar-refractivity contribution is -0.114. The monoisotopic (exact) mass is 273 g/mol. The molecular weight excluding hydrogens is 258 g/mol. The highest BCUT2D eigenvalue weighted by Gasteiger charge is 2.10. The molecule has 0 aliphatic carbocycles. The molecule has 7 nitrogen and oxygen atoms in total. The van der Waals surface area contributed by atoms with E-state index in [1.807, 2.05) is 0 Å². The van der Waals surface area contributed by atoms with E-state index in [1.165, 1.54) is 14.0 Å². The molecule has 0 aliphatic rings. The molecule has 2 rings (SSSR count). The Morgan fingerprint density at radius 2 is 2.05 bits per heavy atom. The summed E-state index contributed by atoms with van der Waals surface area (Å²) in [5.41, 5.74) is 6.88. The minimum Gasteiger partial charge on any atom is -0.495 e. The summed E-state index contributed by atoms with van der Waals surface area (Å²) in [6.45, 7) is 3.16. The third-order valence-electron chi connectivity index (χ3n) is 2.53. The predicted octanol–water partition coefficient (Wildman–Crippen LogP) is 1.40. The first-order valence-electron chi connectivity index (χ1n) is 5.93. The smallest absolute Gasteiger partial charge is 0.223 e. The van der Waals surface area contributed by atoms with Gasteiger partial charge in [0.1, 0.15) is 11.6 Å². The van der Waals surface area contributed by atoms with Gasteiger partial charge in [0.25, 0.3) is 0 Å². The van der Waals surface area contributed by atoms with Crippen LogP contribution >= 0.6 is 0 Å². The fourth-order valence-corrected chi connectivity index (χ4v) is 1.77. The molecule has 7 heteroatoms. The number of nitrogens with one attached hydrogen (secondary N) is 1. The SMILES string of the molecule is COc1ccc(-c2nc(C)nc(N)n2)cc1NC(C)=O. The van der Waals surface area contributed by atoms with Crippen LogP contribution in [-0.4, -0.2) is 28.0 Å². The van der Waals surface area contributed by atoms with Gasteiger partial charge in [0.2, 0.25) is 11.9 Å². The largest absolute Gasteiger partial charge is 0.495 e. The second-order valence-corrected chi connectivity index (χ2v) is 4.16. The van der Waals surface area contributed by atoms with Gasteiger partial charge < -0.3 is 15.8 Å². The predicted molar refractivity (Wildman–Crippen MR) is 75.3 cm³/mol. The maximum atomic E-state index is 11.2. The molecule has 0 saturated heterocycles. The summed E-state index contributed by atoms with van der Waals surface area (Å²) in [6, 6.07) is 5.25. The quantitative estimate of drug-likeness (QED) is 0.876. The summed E-state index contributed by atoms with van der Waals surface area (Å²) in [5, 5.41) is 2.70. The van der Waals surface area contributed by atoms with Gasteiger partial charge in [-0.25, -0.2) is 4.98 Å². The summed E-state index contributed by atoms with van der Waals surface area (Å²) in [4.78, 5) is 23.4. The van der Waals surface area contributed by atoms with Gasteiger partial charge in [0.15, 0.2) is 5.82 Å². The first-order valence-corrected chi connectivity index (χ1v) is 5.93. The minimum atomic E-state index is -0.188. The van der Waals surface area contributed by atoms with Crippen molar-refractivity contribution in [2.45, 2.75) is 13.8 Å². The van der Waals surface area contributed by atoms with E-state index in [0.29, 0.717) is 28.6 Å². The van der Waals surface area contributed by atoms with Crippen molar-refractivity contribution in [3.63, 3.8) is 0 Å². The molecule has 0 spiro atoms. The van der Waals surface area contributed by atoms with Gasteiger partial charge in [-0.3, -0.25) is 4.79 Å². The van der Waals surface area contributed by atoms with Crippen LogP contribution < -0.4 is 15.8 Å². The van der Waals surface area contributed by atoms with Crippen molar-refractivity contribution in [1.82, 2.24) is 15.0 Å². The Morgan fingerprint density at radius 3 is 2.65 bits per heavy atom. The number of anilines is 2. The molecule has 3 N–H and O–H groups in total. The molecule has 0 radical (unpaired) electrons. The van der Waals surface area contributed by atoms with E-state index < -0.39 is 0 Å².